The molecule has 0 radical (unpaired) electrons. The molecule has 4 rings (SSSR count). The van der Waals surface area contributed by atoms with Crippen LogP contribution in [-0.2, 0) is 4.57 Å². The second kappa shape index (κ2) is 8.46. The number of benzene rings is 3. The van der Waals surface area contributed by atoms with Crippen molar-refractivity contribution in [2.75, 3.05) is 0 Å². The Morgan fingerprint density at radius 2 is 1.34 bits per heavy atom. The fourth-order valence-corrected chi connectivity index (χ4v) is 33.3. The van der Waals surface area contributed by atoms with E-state index in [1.54, 1.807) is 0 Å². The molecule has 0 aromatic heterocycles. The molecule has 0 bridgehead atoms. The van der Waals surface area contributed by atoms with Gasteiger partial charge in [0.25, 0.3) is 0 Å². The van der Waals surface area contributed by atoms with E-state index in [0.29, 0.717) is 22.6 Å². The Morgan fingerprint density at radius 3 is 1.84 bits per heavy atom. The van der Waals surface area contributed by atoms with Crippen LogP contribution in [0.15, 0.2) is 42.5 Å². The zero-order chi connectivity index (χ0) is 23.8. The van der Waals surface area contributed by atoms with E-state index < -0.39 is 18.0 Å². The molecular formula is C26H35OP3Se2. The van der Waals surface area contributed by atoms with Gasteiger partial charge in [-0.15, -0.1) is 0 Å². The SMILES string of the molecule is CC(C)P(=[Se])(c1cccc2cc3cccc4c3c(c12)[P@](=O)([Se-])[P+]4(C(C)C)C(C)C)C(C)C. The van der Waals surface area contributed by atoms with Crippen molar-refractivity contribution in [3.8, 4) is 0 Å². The summed E-state index contributed by atoms with van der Waals surface area (Å²) in [6.07, 6.45) is 0. The van der Waals surface area contributed by atoms with Crippen LogP contribution in [0.4, 0.5) is 0 Å². The number of fused-ring (bicyclic) bond motifs is 2. The average molecular weight is 614 g/mol. The van der Waals surface area contributed by atoms with Gasteiger partial charge in [-0.3, -0.25) is 0 Å². The maximum atomic E-state index is 15.3. The van der Waals surface area contributed by atoms with Crippen LogP contribution in [0.1, 0.15) is 55.4 Å². The van der Waals surface area contributed by atoms with Crippen molar-refractivity contribution < 1.29 is 4.57 Å². The quantitative estimate of drug-likeness (QED) is 0.172. The Morgan fingerprint density at radius 1 is 0.844 bits per heavy atom. The van der Waals surface area contributed by atoms with Crippen LogP contribution in [0.2, 0.25) is 0 Å². The zero-order valence-electron chi connectivity index (χ0n) is 20.4. The summed E-state index contributed by atoms with van der Waals surface area (Å²) in [4.78, 5) is 0. The van der Waals surface area contributed by atoms with Crippen molar-refractivity contribution in [1.82, 2.24) is 0 Å². The molecule has 3 aromatic carbocycles. The first kappa shape index (κ1) is 25.4. The van der Waals surface area contributed by atoms with Gasteiger partial charge in [-0.1, -0.05) is 0 Å². The Kier molecular flexibility index (Phi) is 6.72. The summed E-state index contributed by atoms with van der Waals surface area (Å²) < 4.78 is 15.3. The summed E-state index contributed by atoms with van der Waals surface area (Å²) in [6, 6.07) is 15.8. The predicted octanol–water partition coefficient (Wildman–Crippen LogP) is 7.00. The van der Waals surface area contributed by atoms with Gasteiger partial charge >= 0.3 is 211 Å². The first-order valence-corrected chi connectivity index (χ1v) is 22.3. The van der Waals surface area contributed by atoms with Crippen molar-refractivity contribution in [1.29, 1.82) is 0 Å². The van der Waals surface area contributed by atoms with Gasteiger partial charge in [-0.2, -0.15) is 0 Å². The molecule has 0 unspecified atom stereocenters. The summed E-state index contributed by atoms with van der Waals surface area (Å²) in [5.74, 6) is 0. The van der Waals surface area contributed by atoms with E-state index in [9.17, 15) is 0 Å². The molecule has 172 valence electrons. The standard InChI is InChI=1S/C26H35OP3Se2/c1-16(2)28(17(3)4)22-13-9-11-20-15-21-12-10-14-23(29(31,18(5)6)19(7)8)25(21)26(24(20)22)30(28,27)32/h9-19H,1-8H3/t30-/m1/s1. The van der Waals surface area contributed by atoms with Gasteiger partial charge in [0.2, 0.25) is 0 Å². The van der Waals surface area contributed by atoms with E-state index in [4.69, 9.17) is 0 Å². The monoisotopic (exact) mass is 616 g/mol. The number of rotatable bonds is 5. The molecule has 0 amide bonds. The summed E-state index contributed by atoms with van der Waals surface area (Å²) in [5, 5.41) is 9.05. The van der Waals surface area contributed by atoms with Crippen molar-refractivity contribution in [3.05, 3.63) is 42.5 Å². The number of hydrogen-bond donors (Lipinski definition) is 0. The Bertz CT molecular complexity index is 1300. The van der Waals surface area contributed by atoms with Crippen LogP contribution in [-0.4, -0.2) is 53.3 Å². The third-order valence-electron chi connectivity index (χ3n) is 7.52. The van der Waals surface area contributed by atoms with Gasteiger partial charge in [-0.05, 0) is 0 Å². The van der Waals surface area contributed by atoms with Crippen LogP contribution < -0.4 is 15.9 Å². The molecule has 1 atom stereocenters. The normalized spacial score (nSPS) is 20.5. The van der Waals surface area contributed by atoms with Crippen molar-refractivity contribution >= 4 is 86.1 Å². The Labute approximate surface area is 210 Å². The molecule has 0 aliphatic carbocycles. The molecule has 0 saturated heterocycles. The molecule has 0 spiro atoms. The minimum atomic E-state index is -2.77. The van der Waals surface area contributed by atoms with Crippen LogP contribution in [0, 0.1) is 0 Å². The van der Waals surface area contributed by atoms with Gasteiger partial charge in [0.1, 0.15) is 0 Å². The molecule has 0 N–H and O–H groups in total. The van der Waals surface area contributed by atoms with E-state index in [1.807, 2.05) is 0 Å². The second-order valence-corrected chi connectivity index (χ2v) is 32.3. The summed E-state index contributed by atoms with van der Waals surface area (Å²) >= 11 is 7.14. The topological polar surface area (TPSA) is 17.1 Å². The Hall–Kier alpha value is 0.309. The van der Waals surface area contributed by atoms with Crippen molar-refractivity contribution in [3.63, 3.8) is 0 Å². The van der Waals surface area contributed by atoms with Crippen molar-refractivity contribution in [2.45, 2.75) is 78.0 Å². The van der Waals surface area contributed by atoms with E-state index in [2.05, 4.69) is 129 Å². The van der Waals surface area contributed by atoms with Gasteiger partial charge < -0.3 is 0 Å². The molecule has 3 aromatic rings. The summed E-state index contributed by atoms with van der Waals surface area (Å²) in [6.45, 7) is 16.7. The van der Waals surface area contributed by atoms with Crippen molar-refractivity contribution in [2.24, 2.45) is 0 Å². The molecule has 1 aliphatic heterocycles. The van der Waals surface area contributed by atoms with Crippen LogP contribution in [0.25, 0.3) is 21.5 Å². The molecule has 1 aliphatic rings. The van der Waals surface area contributed by atoms with Gasteiger partial charge in [-0.25, -0.2) is 0 Å². The molecule has 0 fully saturated rings. The maximum absolute atomic E-state index is 15.3. The van der Waals surface area contributed by atoms with E-state index in [0.717, 1.165) is 5.30 Å². The van der Waals surface area contributed by atoms with Gasteiger partial charge in [0, 0.05) is 0 Å². The zero-order valence-corrected chi connectivity index (χ0v) is 26.5. The molecule has 0 saturated carbocycles. The fourth-order valence-electron chi connectivity index (χ4n) is 6.26. The first-order chi connectivity index (χ1) is 14.8. The first-order valence-electron chi connectivity index (χ1n) is 11.6. The molecule has 32 heavy (non-hydrogen) atoms. The van der Waals surface area contributed by atoms with Crippen LogP contribution >= 0.6 is 18.0 Å². The molecular weight excluding hydrogens is 579 g/mol. The third kappa shape index (κ3) is 3.12. The number of hydrogen-bond acceptors (Lipinski definition) is 1. The summed E-state index contributed by atoms with van der Waals surface area (Å²) in [7, 11) is 0. The fraction of sp³-hybridized carbons (Fsp3) is 0.462. The predicted molar refractivity (Wildman–Crippen MR) is 154 cm³/mol. The average Bonchev–Trinajstić information content (AvgIpc) is 2.92. The van der Waals surface area contributed by atoms with E-state index in [-0.39, 0.29) is 0 Å². The Balaban J connectivity index is 2.31. The van der Waals surface area contributed by atoms with E-state index in [1.165, 1.54) is 32.2 Å². The second-order valence-electron chi connectivity index (χ2n) is 10.3. The molecule has 1 nitrogen and oxygen atoms in total. The molecule has 1 heterocycles. The van der Waals surface area contributed by atoms with Crippen LogP contribution in [0.3, 0.4) is 0 Å². The third-order valence-corrected chi connectivity index (χ3v) is 37.3. The van der Waals surface area contributed by atoms with E-state index >= 15 is 4.57 Å². The minimum absolute atomic E-state index is 0.373. The molecule has 6 heteroatoms. The van der Waals surface area contributed by atoms with Gasteiger partial charge in [0.05, 0.1) is 0 Å². The van der Waals surface area contributed by atoms with Crippen LogP contribution in [0.5, 0.6) is 0 Å². The van der Waals surface area contributed by atoms with Gasteiger partial charge in [0.15, 0.2) is 0 Å². The summed E-state index contributed by atoms with van der Waals surface area (Å²) in [5.41, 5.74) is -2.56.